The molecule has 2 amide bonds. The van der Waals surface area contributed by atoms with Gasteiger partial charge in [-0.2, -0.15) is 0 Å². The summed E-state index contributed by atoms with van der Waals surface area (Å²) < 4.78 is 1.05. The van der Waals surface area contributed by atoms with E-state index in [9.17, 15) is 9.59 Å². The molecule has 5 rings (SSSR count). The molecule has 7 heteroatoms. The molecule has 1 aliphatic heterocycles. The van der Waals surface area contributed by atoms with Gasteiger partial charge in [-0.25, -0.2) is 4.98 Å². The Morgan fingerprint density at radius 1 is 1.29 bits per heavy atom. The van der Waals surface area contributed by atoms with E-state index in [0.717, 1.165) is 27.7 Å². The smallest absolute Gasteiger partial charge is 0.231 e. The number of aromatic nitrogens is 2. The van der Waals surface area contributed by atoms with Gasteiger partial charge in [0.05, 0.1) is 16.1 Å². The first kappa shape index (κ1) is 19.8. The first-order valence-corrected chi connectivity index (χ1v) is 11.3. The van der Waals surface area contributed by atoms with Crippen molar-refractivity contribution in [3.8, 4) is 0 Å². The van der Waals surface area contributed by atoms with E-state index in [2.05, 4.69) is 40.4 Å². The number of H-pyrrole nitrogens is 1. The van der Waals surface area contributed by atoms with Crippen LogP contribution < -0.4 is 5.32 Å². The number of benzene rings is 2. The molecule has 1 saturated heterocycles. The molecular formula is C24H24N4O2S. The Morgan fingerprint density at radius 2 is 2.16 bits per heavy atom. The lowest BCUT2D eigenvalue weighted by atomic mass is 10.1. The zero-order valence-electron chi connectivity index (χ0n) is 17.6. The number of thiazole rings is 1. The van der Waals surface area contributed by atoms with Crippen LogP contribution in [-0.4, -0.2) is 39.8 Å². The third-order valence-electron chi connectivity index (χ3n) is 6.01. The molecule has 0 radical (unpaired) electrons. The Kier molecular flexibility index (Phi) is 4.98. The molecule has 0 saturated carbocycles. The van der Waals surface area contributed by atoms with Crippen LogP contribution in [0.25, 0.3) is 21.1 Å². The number of aryl methyl sites for hydroxylation is 2. The summed E-state index contributed by atoms with van der Waals surface area (Å²) in [6.07, 6.45) is 3.04. The summed E-state index contributed by atoms with van der Waals surface area (Å²) in [5.41, 5.74) is 5.53. The van der Waals surface area contributed by atoms with Crippen molar-refractivity contribution in [1.82, 2.24) is 14.9 Å². The monoisotopic (exact) mass is 432 g/mol. The van der Waals surface area contributed by atoms with Crippen LogP contribution in [0, 0.1) is 19.8 Å². The quantitative estimate of drug-likeness (QED) is 0.490. The normalized spacial score (nSPS) is 16.5. The number of likely N-dealkylation sites (tertiary alicyclic amines) is 1. The van der Waals surface area contributed by atoms with Gasteiger partial charge >= 0.3 is 0 Å². The average molecular weight is 433 g/mol. The van der Waals surface area contributed by atoms with Gasteiger partial charge in [-0.15, -0.1) is 0 Å². The highest BCUT2D eigenvalue weighted by Gasteiger charge is 2.34. The highest BCUT2D eigenvalue weighted by atomic mass is 32.1. The van der Waals surface area contributed by atoms with Gasteiger partial charge in [-0.1, -0.05) is 35.1 Å². The van der Waals surface area contributed by atoms with E-state index < -0.39 is 0 Å². The van der Waals surface area contributed by atoms with Crippen LogP contribution in [0.3, 0.4) is 0 Å². The van der Waals surface area contributed by atoms with Gasteiger partial charge in [-0.3, -0.25) is 9.59 Å². The van der Waals surface area contributed by atoms with E-state index in [1.807, 2.05) is 31.3 Å². The molecule has 31 heavy (non-hydrogen) atoms. The highest BCUT2D eigenvalue weighted by molar-refractivity contribution is 7.22. The standard InChI is InChI=1S/C24H24N4O2S/c1-14-6-7-19-18(10-14)16(12-25-19)8-9-28-13-17(11-21(28)29)23(30)27-24-26-22-15(2)4-3-5-20(22)31-24/h3-7,10,12,17,25H,8-9,11,13H2,1-2H3,(H,26,27,30)/t17-/m1/s1. The molecule has 6 nitrogen and oxygen atoms in total. The van der Waals surface area contributed by atoms with E-state index in [1.165, 1.54) is 27.8 Å². The van der Waals surface area contributed by atoms with Gasteiger partial charge in [-0.05, 0) is 49.6 Å². The highest BCUT2D eigenvalue weighted by Crippen LogP contribution is 2.29. The Labute approximate surface area is 184 Å². The van der Waals surface area contributed by atoms with E-state index in [1.54, 1.807) is 4.90 Å². The van der Waals surface area contributed by atoms with Crippen molar-refractivity contribution >= 4 is 49.4 Å². The maximum absolute atomic E-state index is 12.8. The minimum atomic E-state index is -0.342. The van der Waals surface area contributed by atoms with Crippen molar-refractivity contribution in [3.63, 3.8) is 0 Å². The van der Waals surface area contributed by atoms with Crippen LogP contribution in [0.2, 0.25) is 0 Å². The molecule has 2 N–H and O–H groups in total. The van der Waals surface area contributed by atoms with Gasteiger partial charge < -0.3 is 15.2 Å². The lowest BCUT2D eigenvalue weighted by Gasteiger charge is -2.16. The van der Waals surface area contributed by atoms with Gasteiger partial charge in [0.2, 0.25) is 11.8 Å². The van der Waals surface area contributed by atoms with Crippen molar-refractivity contribution in [1.29, 1.82) is 0 Å². The molecule has 1 fully saturated rings. The minimum Gasteiger partial charge on any atom is -0.361 e. The molecule has 0 unspecified atom stereocenters. The summed E-state index contributed by atoms with van der Waals surface area (Å²) in [5, 5.41) is 4.72. The second kappa shape index (κ2) is 7.81. The molecule has 3 heterocycles. The van der Waals surface area contributed by atoms with Crippen molar-refractivity contribution in [3.05, 3.63) is 59.3 Å². The fourth-order valence-corrected chi connectivity index (χ4v) is 5.21. The van der Waals surface area contributed by atoms with Crippen LogP contribution in [0.4, 0.5) is 5.13 Å². The molecular weight excluding hydrogens is 408 g/mol. The Bertz CT molecular complexity index is 1310. The maximum atomic E-state index is 12.8. The largest absolute Gasteiger partial charge is 0.361 e. The number of aromatic amines is 1. The molecule has 0 bridgehead atoms. The number of amides is 2. The topological polar surface area (TPSA) is 78.1 Å². The first-order chi connectivity index (χ1) is 15.0. The number of anilines is 1. The van der Waals surface area contributed by atoms with Crippen molar-refractivity contribution in [2.45, 2.75) is 26.7 Å². The Balaban J connectivity index is 1.23. The van der Waals surface area contributed by atoms with Crippen LogP contribution in [-0.2, 0) is 16.0 Å². The third-order valence-corrected chi connectivity index (χ3v) is 6.95. The third kappa shape index (κ3) is 3.81. The van der Waals surface area contributed by atoms with E-state index >= 15 is 0 Å². The number of para-hydroxylation sites is 1. The number of hydrogen-bond donors (Lipinski definition) is 2. The number of nitrogens with one attached hydrogen (secondary N) is 2. The van der Waals surface area contributed by atoms with Gasteiger partial charge in [0.15, 0.2) is 5.13 Å². The summed E-state index contributed by atoms with van der Waals surface area (Å²) in [5.74, 6) is -0.433. The molecule has 2 aromatic heterocycles. The molecule has 1 aliphatic rings. The zero-order chi connectivity index (χ0) is 21.5. The van der Waals surface area contributed by atoms with Gasteiger partial charge in [0.1, 0.15) is 0 Å². The van der Waals surface area contributed by atoms with Crippen LogP contribution in [0.1, 0.15) is 23.1 Å². The molecule has 158 valence electrons. The molecule has 1 atom stereocenters. The fraction of sp³-hybridized carbons (Fsp3) is 0.292. The average Bonchev–Trinajstić information content (AvgIpc) is 3.43. The second-order valence-electron chi connectivity index (χ2n) is 8.28. The Hall–Kier alpha value is -3.19. The number of carbonyl (C=O) groups is 2. The molecule has 2 aromatic carbocycles. The number of carbonyl (C=O) groups excluding carboxylic acids is 2. The van der Waals surface area contributed by atoms with Crippen molar-refractivity contribution in [2.24, 2.45) is 5.92 Å². The fourth-order valence-electron chi connectivity index (χ4n) is 4.27. The summed E-state index contributed by atoms with van der Waals surface area (Å²) >= 11 is 1.47. The van der Waals surface area contributed by atoms with Crippen LogP contribution in [0.5, 0.6) is 0 Å². The lowest BCUT2D eigenvalue weighted by Crippen LogP contribution is -2.29. The zero-order valence-corrected chi connectivity index (χ0v) is 18.4. The van der Waals surface area contributed by atoms with E-state index in [0.29, 0.717) is 18.2 Å². The molecule has 4 aromatic rings. The van der Waals surface area contributed by atoms with E-state index in [4.69, 9.17) is 0 Å². The number of fused-ring (bicyclic) bond motifs is 2. The van der Waals surface area contributed by atoms with Gasteiger partial charge in [0, 0.05) is 36.6 Å². The predicted octanol–water partition coefficient (Wildman–Crippen LogP) is 4.42. The number of rotatable bonds is 5. The predicted molar refractivity (Wildman–Crippen MR) is 124 cm³/mol. The van der Waals surface area contributed by atoms with Crippen molar-refractivity contribution in [2.75, 3.05) is 18.4 Å². The first-order valence-electron chi connectivity index (χ1n) is 10.5. The second-order valence-corrected chi connectivity index (χ2v) is 9.31. The molecule has 0 spiro atoms. The molecule has 0 aliphatic carbocycles. The number of nitrogens with zero attached hydrogens (tertiary/aromatic N) is 2. The summed E-state index contributed by atoms with van der Waals surface area (Å²) in [4.78, 5) is 35.0. The van der Waals surface area contributed by atoms with Gasteiger partial charge in [0.25, 0.3) is 0 Å². The van der Waals surface area contributed by atoms with Crippen LogP contribution >= 0.6 is 11.3 Å². The number of hydrogen-bond acceptors (Lipinski definition) is 4. The maximum Gasteiger partial charge on any atom is 0.231 e. The summed E-state index contributed by atoms with van der Waals surface area (Å²) in [6, 6.07) is 12.3. The summed E-state index contributed by atoms with van der Waals surface area (Å²) in [6.45, 7) is 5.16. The SMILES string of the molecule is Cc1ccc2[nH]cc(CCN3C[C@H](C(=O)Nc4nc5c(C)cccc5s4)CC3=O)c2c1. The lowest BCUT2D eigenvalue weighted by molar-refractivity contribution is -0.128. The summed E-state index contributed by atoms with van der Waals surface area (Å²) in [7, 11) is 0. The van der Waals surface area contributed by atoms with Crippen molar-refractivity contribution < 1.29 is 9.59 Å². The van der Waals surface area contributed by atoms with E-state index in [-0.39, 0.29) is 24.2 Å². The van der Waals surface area contributed by atoms with Crippen LogP contribution in [0.15, 0.2) is 42.6 Å². The Morgan fingerprint density at radius 3 is 3.00 bits per heavy atom. The minimum absolute atomic E-state index is 0.0383.